The number of benzene rings is 1. The van der Waals surface area contributed by atoms with Crippen molar-refractivity contribution >= 4 is 0 Å². The minimum atomic E-state index is 0.323. The van der Waals surface area contributed by atoms with Gasteiger partial charge in [-0.1, -0.05) is 0 Å². The van der Waals surface area contributed by atoms with Gasteiger partial charge in [0.15, 0.2) is 0 Å². The van der Waals surface area contributed by atoms with Gasteiger partial charge in [-0.25, -0.2) is 0 Å². The first-order valence-electron chi connectivity index (χ1n) is 5.10. The SMILES string of the molecule is COc1ccc(O)c(CN(C)C(C)C)c1. The predicted molar refractivity (Wildman–Crippen MR) is 61.3 cm³/mol. The van der Waals surface area contributed by atoms with E-state index < -0.39 is 0 Å². The number of hydrogen-bond donors (Lipinski definition) is 1. The minimum Gasteiger partial charge on any atom is -0.508 e. The first kappa shape index (κ1) is 11.9. The molecule has 0 atom stereocenters. The molecule has 15 heavy (non-hydrogen) atoms. The molecule has 0 saturated heterocycles. The first-order chi connectivity index (χ1) is 7.04. The predicted octanol–water partition coefficient (Wildman–Crippen LogP) is 2.24. The Balaban J connectivity index is 2.83. The Morgan fingerprint density at radius 3 is 2.60 bits per heavy atom. The third kappa shape index (κ3) is 3.13. The molecule has 0 aliphatic carbocycles. The molecule has 0 saturated carbocycles. The number of phenols is 1. The molecular formula is C12H19NO2. The van der Waals surface area contributed by atoms with Crippen molar-refractivity contribution in [1.29, 1.82) is 0 Å². The first-order valence-corrected chi connectivity index (χ1v) is 5.10. The van der Waals surface area contributed by atoms with Gasteiger partial charge in [0.2, 0.25) is 0 Å². The quantitative estimate of drug-likeness (QED) is 0.825. The highest BCUT2D eigenvalue weighted by Crippen LogP contribution is 2.24. The van der Waals surface area contributed by atoms with Crippen molar-refractivity contribution in [2.24, 2.45) is 0 Å². The number of nitrogens with zero attached hydrogens (tertiary/aromatic N) is 1. The van der Waals surface area contributed by atoms with Crippen molar-refractivity contribution in [2.75, 3.05) is 14.2 Å². The van der Waals surface area contributed by atoms with Crippen LogP contribution in [0.5, 0.6) is 11.5 Å². The van der Waals surface area contributed by atoms with Crippen LogP contribution in [0.4, 0.5) is 0 Å². The molecule has 3 nitrogen and oxygen atoms in total. The number of rotatable bonds is 4. The molecule has 1 N–H and O–H groups in total. The fraction of sp³-hybridized carbons (Fsp3) is 0.500. The zero-order valence-corrected chi connectivity index (χ0v) is 9.82. The number of methoxy groups -OCH3 is 1. The zero-order valence-electron chi connectivity index (χ0n) is 9.82. The maximum absolute atomic E-state index is 9.68. The summed E-state index contributed by atoms with van der Waals surface area (Å²) < 4.78 is 5.12. The van der Waals surface area contributed by atoms with E-state index in [4.69, 9.17) is 4.74 Å². The van der Waals surface area contributed by atoms with E-state index in [1.54, 1.807) is 19.2 Å². The van der Waals surface area contributed by atoms with Gasteiger partial charge in [0.05, 0.1) is 7.11 Å². The van der Waals surface area contributed by atoms with Crippen LogP contribution in [0.1, 0.15) is 19.4 Å². The van der Waals surface area contributed by atoms with Crippen LogP contribution in [0.3, 0.4) is 0 Å². The molecule has 0 spiro atoms. The van der Waals surface area contributed by atoms with Crippen molar-refractivity contribution in [3.63, 3.8) is 0 Å². The third-order valence-electron chi connectivity index (χ3n) is 2.59. The normalized spacial score (nSPS) is 11.1. The fourth-order valence-electron chi connectivity index (χ4n) is 1.27. The van der Waals surface area contributed by atoms with Gasteiger partial charge in [0.1, 0.15) is 11.5 Å². The minimum absolute atomic E-state index is 0.323. The van der Waals surface area contributed by atoms with E-state index in [0.717, 1.165) is 17.9 Å². The Labute approximate surface area is 91.3 Å². The summed E-state index contributed by atoms with van der Waals surface area (Å²) in [4.78, 5) is 2.16. The Morgan fingerprint density at radius 2 is 2.07 bits per heavy atom. The molecule has 1 aromatic carbocycles. The lowest BCUT2D eigenvalue weighted by Crippen LogP contribution is -2.25. The summed E-state index contributed by atoms with van der Waals surface area (Å²) in [6, 6.07) is 5.75. The molecule has 0 unspecified atom stereocenters. The van der Waals surface area contributed by atoms with Crippen LogP contribution in [0.2, 0.25) is 0 Å². The van der Waals surface area contributed by atoms with Crippen molar-refractivity contribution in [3.8, 4) is 11.5 Å². The van der Waals surface area contributed by atoms with Gasteiger partial charge in [-0.15, -0.1) is 0 Å². The molecule has 3 heteroatoms. The fourth-order valence-corrected chi connectivity index (χ4v) is 1.27. The second kappa shape index (κ2) is 5.03. The maximum atomic E-state index is 9.68. The van der Waals surface area contributed by atoms with Gasteiger partial charge >= 0.3 is 0 Å². The lowest BCUT2D eigenvalue weighted by Gasteiger charge is -2.21. The highest BCUT2D eigenvalue weighted by molar-refractivity contribution is 5.39. The standard InChI is InChI=1S/C12H19NO2/c1-9(2)13(3)8-10-7-11(15-4)5-6-12(10)14/h5-7,9,14H,8H2,1-4H3. The number of aromatic hydroxyl groups is 1. The van der Waals surface area contributed by atoms with Crippen molar-refractivity contribution in [2.45, 2.75) is 26.4 Å². The van der Waals surface area contributed by atoms with E-state index >= 15 is 0 Å². The molecule has 0 aliphatic rings. The van der Waals surface area contributed by atoms with Gasteiger partial charge in [-0.2, -0.15) is 0 Å². The Kier molecular flexibility index (Phi) is 3.97. The molecule has 0 aliphatic heterocycles. The largest absolute Gasteiger partial charge is 0.508 e. The van der Waals surface area contributed by atoms with Crippen molar-refractivity contribution in [1.82, 2.24) is 4.90 Å². The van der Waals surface area contributed by atoms with Crippen LogP contribution in [-0.2, 0) is 6.54 Å². The summed E-state index contributed by atoms with van der Waals surface area (Å²) in [7, 11) is 3.66. The number of phenolic OH excluding ortho intramolecular Hbond substituents is 1. The molecule has 0 bridgehead atoms. The van der Waals surface area contributed by atoms with E-state index in [1.165, 1.54) is 0 Å². The van der Waals surface area contributed by atoms with Gasteiger partial charge < -0.3 is 9.84 Å². The molecule has 0 amide bonds. The summed E-state index contributed by atoms with van der Waals surface area (Å²) in [6.07, 6.45) is 0. The van der Waals surface area contributed by atoms with Crippen LogP contribution in [0.15, 0.2) is 18.2 Å². The summed E-state index contributed by atoms with van der Waals surface area (Å²) in [6.45, 7) is 4.97. The average molecular weight is 209 g/mol. The average Bonchev–Trinajstić information content (AvgIpc) is 2.21. The Bertz CT molecular complexity index is 323. The van der Waals surface area contributed by atoms with Gasteiger partial charge in [0, 0.05) is 18.2 Å². The van der Waals surface area contributed by atoms with Gasteiger partial charge in [0.25, 0.3) is 0 Å². The summed E-state index contributed by atoms with van der Waals surface area (Å²) in [5.74, 6) is 1.10. The molecule has 0 radical (unpaired) electrons. The van der Waals surface area contributed by atoms with Crippen LogP contribution in [0.25, 0.3) is 0 Å². The van der Waals surface area contributed by atoms with Crippen LogP contribution >= 0.6 is 0 Å². The summed E-state index contributed by atoms with van der Waals surface area (Å²) >= 11 is 0. The van der Waals surface area contributed by atoms with E-state index in [9.17, 15) is 5.11 Å². The molecule has 84 valence electrons. The van der Waals surface area contributed by atoms with Crippen LogP contribution in [0, 0.1) is 0 Å². The smallest absolute Gasteiger partial charge is 0.120 e. The monoisotopic (exact) mass is 209 g/mol. The lowest BCUT2D eigenvalue weighted by atomic mass is 10.1. The highest BCUT2D eigenvalue weighted by atomic mass is 16.5. The summed E-state index contributed by atoms with van der Waals surface area (Å²) in [5, 5.41) is 9.68. The van der Waals surface area contributed by atoms with E-state index in [1.807, 2.05) is 13.1 Å². The zero-order chi connectivity index (χ0) is 11.4. The molecule has 1 aromatic rings. The third-order valence-corrected chi connectivity index (χ3v) is 2.59. The van der Waals surface area contributed by atoms with E-state index in [-0.39, 0.29) is 0 Å². The molecule has 0 fully saturated rings. The van der Waals surface area contributed by atoms with Gasteiger partial charge in [-0.3, -0.25) is 4.90 Å². The lowest BCUT2D eigenvalue weighted by molar-refractivity contribution is 0.261. The number of hydrogen-bond acceptors (Lipinski definition) is 3. The second-order valence-electron chi connectivity index (χ2n) is 4.00. The van der Waals surface area contributed by atoms with E-state index in [0.29, 0.717) is 11.8 Å². The molecular weight excluding hydrogens is 190 g/mol. The highest BCUT2D eigenvalue weighted by Gasteiger charge is 2.08. The topological polar surface area (TPSA) is 32.7 Å². The number of ether oxygens (including phenoxy) is 1. The Hall–Kier alpha value is -1.22. The van der Waals surface area contributed by atoms with E-state index in [2.05, 4.69) is 18.7 Å². The van der Waals surface area contributed by atoms with Crippen LogP contribution < -0.4 is 4.74 Å². The van der Waals surface area contributed by atoms with Gasteiger partial charge in [-0.05, 0) is 39.1 Å². The van der Waals surface area contributed by atoms with Crippen molar-refractivity contribution < 1.29 is 9.84 Å². The van der Waals surface area contributed by atoms with Crippen molar-refractivity contribution in [3.05, 3.63) is 23.8 Å². The molecule has 1 rings (SSSR count). The van der Waals surface area contributed by atoms with Crippen LogP contribution in [-0.4, -0.2) is 30.2 Å². The second-order valence-corrected chi connectivity index (χ2v) is 4.00. The molecule has 0 heterocycles. The maximum Gasteiger partial charge on any atom is 0.120 e. The summed E-state index contributed by atoms with van der Waals surface area (Å²) in [5.41, 5.74) is 0.894. The molecule has 0 aromatic heterocycles. The Morgan fingerprint density at radius 1 is 1.40 bits per heavy atom.